The molecule has 1 saturated carbocycles. The summed E-state index contributed by atoms with van der Waals surface area (Å²) in [5.74, 6) is 1.70. The second kappa shape index (κ2) is 6.98. The highest BCUT2D eigenvalue weighted by Gasteiger charge is 2.22. The largest absolute Gasteiger partial charge is 0.316 e. The van der Waals surface area contributed by atoms with Crippen LogP contribution in [0.1, 0.15) is 38.5 Å². The molecule has 0 bridgehead atoms. The van der Waals surface area contributed by atoms with Crippen LogP contribution in [0.5, 0.6) is 0 Å². The SMILES string of the molecule is N#CCN1CCC(CNCC2CCCCC2)C1. The van der Waals surface area contributed by atoms with Gasteiger partial charge in [-0.05, 0) is 50.7 Å². The van der Waals surface area contributed by atoms with Crippen molar-refractivity contribution in [3.63, 3.8) is 0 Å². The number of hydrogen-bond acceptors (Lipinski definition) is 3. The van der Waals surface area contributed by atoms with E-state index in [2.05, 4.69) is 16.3 Å². The Bertz CT molecular complexity index is 253. The van der Waals surface area contributed by atoms with Crippen LogP contribution >= 0.6 is 0 Å². The van der Waals surface area contributed by atoms with Crippen molar-refractivity contribution in [2.45, 2.75) is 38.5 Å². The van der Waals surface area contributed by atoms with E-state index in [1.165, 1.54) is 45.1 Å². The summed E-state index contributed by atoms with van der Waals surface area (Å²) >= 11 is 0. The van der Waals surface area contributed by atoms with Crippen molar-refractivity contribution in [2.24, 2.45) is 11.8 Å². The average Bonchev–Trinajstić information content (AvgIpc) is 2.79. The van der Waals surface area contributed by atoms with Gasteiger partial charge in [0.1, 0.15) is 0 Å². The van der Waals surface area contributed by atoms with E-state index in [4.69, 9.17) is 5.26 Å². The first-order chi connectivity index (χ1) is 8.38. The molecule has 1 N–H and O–H groups in total. The fourth-order valence-electron chi connectivity index (χ4n) is 3.21. The monoisotopic (exact) mass is 235 g/mol. The minimum atomic E-state index is 0.610. The third kappa shape index (κ3) is 4.29. The van der Waals surface area contributed by atoms with Gasteiger partial charge in [0.15, 0.2) is 0 Å². The third-order valence-corrected chi connectivity index (χ3v) is 4.26. The topological polar surface area (TPSA) is 39.1 Å². The molecule has 1 atom stereocenters. The Balaban J connectivity index is 1.55. The lowest BCUT2D eigenvalue weighted by atomic mass is 9.89. The summed E-state index contributed by atoms with van der Waals surface area (Å²) in [6.07, 6.45) is 8.44. The van der Waals surface area contributed by atoms with E-state index in [0.717, 1.165) is 31.5 Å². The number of likely N-dealkylation sites (tertiary alicyclic amines) is 1. The van der Waals surface area contributed by atoms with Crippen molar-refractivity contribution in [3.05, 3.63) is 0 Å². The Morgan fingerprint density at radius 2 is 1.82 bits per heavy atom. The minimum Gasteiger partial charge on any atom is -0.316 e. The van der Waals surface area contributed by atoms with Crippen LogP contribution in [0.2, 0.25) is 0 Å². The van der Waals surface area contributed by atoms with Crippen LogP contribution in [0.4, 0.5) is 0 Å². The van der Waals surface area contributed by atoms with Gasteiger partial charge in [-0.3, -0.25) is 4.90 Å². The van der Waals surface area contributed by atoms with Gasteiger partial charge in [0, 0.05) is 6.54 Å². The average molecular weight is 235 g/mol. The lowest BCUT2D eigenvalue weighted by Crippen LogP contribution is -2.30. The summed E-state index contributed by atoms with van der Waals surface area (Å²) in [4.78, 5) is 2.27. The van der Waals surface area contributed by atoms with Crippen LogP contribution in [0.25, 0.3) is 0 Å². The Hall–Kier alpha value is -0.590. The van der Waals surface area contributed by atoms with Gasteiger partial charge < -0.3 is 5.32 Å². The second-order valence-electron chi connectivity index (χ2n) is 5.71. The van der Waals surface area contributed by atoms with E-state index in [1.807, 2.05) is 0 Å². The predicted molar refractivity (Wildman–Crippen MR) is 69.6 cm³/mol. The molecular formula is C14H25N3. The zero-order valence-corrected chi connectivity index (χ0v) is 10.8. The molecule has 1 saturated heterocycles. The molecule has 0 aromatic heterocycles. The fourth-order valence-corrected chi connectivity index (χ4v) is 3.21. The normalized spacial score (nSPS) is 27.1. The predicted octanol–water partition coefficient (Wildman–Crippen LogP) is 2.00. The molecule has 3 nitrogen and oxygen atoms in total. The lowest BCUT2D eigenvalue weighted by molar-refractivity contribution is 0.325. The molecule has 0 spiro atoms. The summed E-state index contributed by atoms with van der Waals surface area (Å²) in [5, 5.41) is 12.3. The highest BCUT2D eigenvalue weighted by atomic mass is 15.1. The zero-order chi connectivity index (χ0) is 11.9. The molecule has 0 aromatic rings. The van der Waals surface area contributed by atoms with E-state index in [9.17, 15) is 0 Å². The molecule has 0 radical (unpaired) electrons. The third-order valence-electron chi connectivity index (χ3n) is 4.26. The Morgan fingerprint density at radius 3 is 2.59 bits per heavy atom. The Kier molecular flexibility index (Phi) is 5.28. The number of nitrogens with one attached hydrogen (secondary N) is 1. The summed E-state index contributed by atoms with van der Waals surface area (Å²) in [6, 6.07) is 2.24. The highest BCUT2D eigenvalue weighted by molar-refractivity contribution is 4.84. The fraction of sp³-hybridized carbons (Fsp3) is 0.929. The molecule has 0 aromatic carbocycles. The molecule has 2 aliphatic rings. The van der Waals surface area contributed by atoms with Crippen molar-refractivity contribution in [2.75, 3.05) is 32.7 Å². The summed E-state index contributed by atoms with van der Waals surface area (Å²) in [7, 11) is 0. The lowest BCUT2D eigenvalue weighted by Gasteiger charge is -2.22. The minimum absolute atomic E-state index is 0.610. The molecule has 1 aliphatic heterocycles. The molecule has 96 valence electrons. The van der Waals surface area contributed by atoms with Gasteiger partial charge in [-0.15, -0.1) is 0 Å². The first-order valence-corrected chi connectivity index (χ1v) is 7.18. The van der Waals surface area contributed by atoms with Crippen LogP contribution in [0, 0.1) is 23.2 Å². The molecule has 2 rings (SSSR count). The molecular weight excluding hydrogens is 210 g/mol. The number of nitrogens with zero attached hydrogens (tertiary/aromatic N) is 2. The molecule has 2 fully saturated rings. The van der Waals surface area contributed by atoms with Gasteiger partial charge in [0.2, 0.25) is 0 Å². The quantitative estimate of drug-likeness (QED) is 0.741. The summed E-state index contributed by atoms with van der Waals surface area (Å²) < 4.78 is 0. The number of hydrogen-bond donors (Lipinski definition) is 1. The highest BCUT2D eigenvalue weighted by Crippen LogP contribution is 2.23. The van der Waals surface area contributed by atoms with E-state index in [1.54, 1.807) is 0 Å². The van der Waals surface area contributed by atoms with Gasteiger partial charge in [-0.2, -0.15) is 5.26 Å². The van der Waals surface area contributed by atoms with Gasteiger partial charge in [0.05, 0.1) is 12.6 Å². The first kappa shape index (κ1) is 12.9. The molecule has 3 heteroatoms. The molecule has 0 amide bonds. The van der Waals surface area contributed by atoms with E-state index in [-0.39, 0.29) is 0 Å². The van der Waals surface area contributed by atoms with Crippen LogP contribution in [-0.2, 0) is 0 Å². The summed E-state index contributed by atoms with van der Waals surface area (Å²) in [5.41, 5.74) is 0. The molecule has 1 heterocycles. The van der Waals surface area contributed by atoms with E-state index in [0.29, 0.717) is 6.54 Å². The van der Waals surface area contributed by atoms with E-state index < -0.39 is 0 Å². The van der Waals surface area contributed by atoms with Crippen molar-refractivity contribution in [3.8, 4) is 6.07 Å². The Labute approximate surface area is 105 Å². The second-order valence-corrected chi connectivity index (χ2v) is 5.71. The van der Waals surface area contributed by atoms with Crippen LogP contribution in [0.15, 0.2) is 0 Å². The molecule has 1 aliphatic carbocycles. The van der Waals surface area contributed by atoms with Crippen LogP contribution in [0.3, 0.4) is 0 Å². The van der Waals surface area contributed by atoms with Gasteiger partial charge >= 0.3 is 0 Å². The first-order valence-electron chi connectivity index (χ1n) is 7.18. The van der Waals surface area contributed by atoms with Gasteiger partial charge in [-0.25, -0.2) is 0 Å². The summed E-state index contributed by atoms with van der Waals surface area (Å²) in [6.45, 7) is 5.21. The zero-order valence-electron chi connectivity index (χ0n) is 10.8. The maximum Gasteiger partial charge on any atom is 0.0866 e. The van der Waals surface area contributed by atoms with Crippen molar-refractivity contribution < 1.29 is 0 Å². The molecule has 17 heavy (non-hydrogen) atoms. The maximum absolute atomic E-state index is 8.65. The van der Waals surface area contributed by atoms with Crippen molar-refractivity contribution >= 4 is 0 Å². The molecule has 1 unspecified atom stereocenters. The van der Waals surface area contributed by atoms with Crippen molar-refractivity contribution in [1.29, 1.82) is 5.26 Å². The number of nitriles is 1. The Morgan fingerprint density at radius 1 is 1.06 bits per heavy atom. The smallest absolute Gasteiger partial charge is 0.0866 e. The standard InChI is InChI=1S/C14H25N3/c15-7-9-17-8-6-14(12-17)11-16-10-13-4-2-1-3-5-13/h13-14,16H,1-6,8-12H2. The van der Waals surface area contributed by atoms with Crippen molar-refractivity contribution in [1.82, 2.24) is 10.2 Å². The van der Waals surface area contributed by atoms with Gasteiger partial charge in [-0.1, -0.05) is 19.3 Å². The van der Waals surface area contributed by atoms with Crippen LogP contribution < -0.4 is 5.32 Å². The number of rotatable bonds is 5. The van der Waals surface area contributed by atoms with Crippen LogP contribution in [-0.4, -0.2) is 37.6 Å². The van der Waals surface area contributed by atoms with Gasteiger partial charge in [0.25, 0.3) is 0 Å². The maximum atomic E-state index is 8.65. The van der Waals surface area contributed by atoms with E-state index >= 15 is 0 Å².